The number of benzene rings is 2. The van der Waals surface area contributed by atoms with Gasteiger partial charge in [0.05, 0.1) is 0 Å². The van der Waals surface area contributed by atoms with Crippen LogP contribution in [0.25, 0.3) is 0 Å². The molecule has 0 N–H and O–H groups in total. The average Bonchev–Trinajstić information content (AvgIpc) is 2.84. The Labute approximate surface area is 187 Å². The lowest BCUT2D eigenvalue weighted by Gasteiger charge is -2.34. The number of ether oxygens (including phenoxy) is 1. The molecule has 0 bridgehead atoms. The molecule has 0 aliphatic carbocycles. The fourth-order valence-electron chi connectivity index (χ4n) is 3.63. The third-order valence-corrected chi connectivity index (χ3v) is 5.29. The zero-order valence-corrected chi connectivity index (χ0v) is 17.9. The molecular weight excluding hydrogens is 406 g/mol. The number of hydrogen-bond donors (Lipinski definition) is 0. The van der Waals surface area contributed by atoms with Crippen molar-refractivity contribution in [2.75, 3.05) is 31.8 Å². The summed E-state index contributed by atoms with van der Waals surface area (Å²) in [4.78, 5) is 38.9. The Kier molecular flexibility index (Phi) is 6.72. The molecule has 8 nitrogen and oxygen atoms in total. The Morgan fingerprint density at radius 1 is 0.812 bits per heavy atom. The van der Waals surface area contributed by atoms with E-state index >= 15 is 0 Å². The van der Waals surface area contributed by atoms with Gasteiger partial charge in [-0.15, -0.1) is 0 Å². The third-order valence-electron chi connectivity index (χ3n) is 5.29. The van der Waals surface area contributed by atoms with Gasteiger partial charge in [-0.2, -0.15) is 0 Å². The SMILES string of the molecule is COCN(c1ccc(CN2CCN(Cc3ccccc3)C(=O)C2=O)cc1)c1ncccn1. The van der Waals surface area contributed by atoms with E-state index in [-0.39, 0.29) is 0 Å². The maximum Gasteiger partial charge on any atom is 0.312 e. The van der Waals surface area contributed by atoms with Crippen LogP contribution in [0, 0.1) is 0 Å². The first-order valence-electron chi connectivity index (χ1n) is 10.4. The van der Waals surface area contributed by atoms with Crippen molar-refractivity contribution < 1.29 is 14.3 Å². The molecule has 8 heteroatoms. The van der Waals surface area contributed by atoms with E-state index in [2.05, 4.69) is 9.97 Å². The molecule has 1 aromatic heterocycles. The van der Waals surface area contributed by atoms with Crippen molar-refractivity contribution in [1.82, 2.24) is 19.8 Å². The monoisotopic (exact) mass is 431 g/mol. The Bertz CT molecular complexity index is 1040. The first-order chi connectivity index (χ1) is 15.7. The number of carbonyl (C=O) groups excluding carboxylic acids is 2. The highest BCUT2D eigenvalue weighted by Gasteiger charge is 2.32. The molecule has 3 aromatic rings. The predicted octanol–water partition coefficient (Wildman–Crippen LogP) is 2.59. The standard InChI is InChI=1S/C24H25N5O3/c1-32-18-29(24-25-12-5-13-26-24)21-10-8-20(9-11-21)17-28-15-14-27(22(30)23(28)31)16-19-6-3-2-4-7-19/h2-13H,14-18H2,1H3. The van der Waals surface area contributed by atoms with Gasteiger partial charge in [-0.05, 0) is 29.3 Å². The van der Waals surface area contributed by atoms with Gasteiger partial charge in [-0.1, -0.05) is 42.5 Å². The van der Waals surface area contributed by atoms with Crippen LogP contribution >= 0.6 is 0 Å². The van der Waals surface area contributed by atoms with Gasteiger partial charge >= 0.3 is 11.8 Å². The largest absolute Gasteiger partial charge is 0.364 e. The minimum absolute atomic E-state index is 0.305. The van der Waals surface area contributed by atoms with E-state index < -0.39 is 11.8 Å². The number of anilines is 2. The molecule has 1 saturated heterocycles. The number of piperazine rings is 1. The number of carbonyl (C=O) groups is 2. The Hall–Kier alpha value is -3.78. The molecule has 1 aliphatic rings. The molecule has 0 spiro atoms. The van der Waals surface area contributed by atoms with Crippen LogP contribution in [0.15, 0.2) is 73.1 Å². The number of methoxy groups -OCH3 is 1. The normalized spacial score (nSPS) is 14.0. The summed E-state index contributed by atoms with van der Waals surface area (Å²) >= 11 is 0. The van der Waals surface area contributed by atoms with Gasteiger partial charge in [0.2, 0.25) is 5.95 Å². The van der Waals surface area contributed by atoms with E-state index in [0.717, 1.165) is 16.8 Å². The lowest BCUT2D eigenvalue weighted by atomic mass is 10.1. The molecule has 32 heavy (non-hydrogen) atoms. The first-order valence-corrected chi connectivity index (χ1v) is 10.4. The highest BCUT2D eigenvalue weighted by molar-refractivity contribution is 6.35. The Morgan fingerprint density at radius 2 is 1.38 bits per heavy atom. The highest BCUT2D eigenvalue weighted by Crippen LogP contribution is 2.23. The van der Waals surface area contributed by atoms with E-state index in [0.29, 0.717) is 38.9 Å². The van der Waals surface area contributed by atoms with Gasteiger partial charge in [-0.3, -0.25) is 14.5 Å². The molecule has 4 rings (SSSR count). The van der Waals surface area contributed by atoms with Crippen LogP contribution in [0.3, 0.4) is 0 Å². The number of rotatable bonds is 8. The van der Waals surface area contributed by atoms with Crippen LogP contribution in [0.1, 0.15) is 11.1 Å². The Morgan fingerprint density at radius 3 is 1.94 bits per heavy atom. The van der Waals surface area contributed by atoms with Gasteiger partial charge in [0, 0.05) is 51.4 Å². The van der Waals surface area contributed by atoms with Gasteiger partial charge in [-0.25, -0.2) is 9.97 Å². The molecule has 0 saturated carbocycles. The summed E-state index contributed by atoms with van der Waals surface area (Å²) in [6, 6.07) is 19.2. The van der Waals surface area contributed by atoms with Crippen LogP contribution in [-0.2, 0) is 27.4 Å². The van der Waals surface area contributed by atoms with Crippen LogP contribution in [0.4, 0.5) is 11.6 Å². The fourth-order valence-corrected chi connectivity index (χ4v) is 3.63. The van der Waals surface area contributed by atoms with Gasteiger partial charge in [0.1, 0.15) is 6.73 Å². The van der Waals surface area contributed by atoms with Crippen LogP contribution < -0.4 is 4.90 Å². The molecule has 0 unspecified atom stereocenters. The van der Waals surface area contributed by atoms with Crippen molar-refractivity contribution in [3.8, 4) is 0 Å². The molecule has 0 atom stereocenters. The van der Waals surface area contributed by atoms with E-state index in [1.807, 2.05) is 59.5 Å². The maximum absolute atomic E-state index is 12.7. The van der Waals surface area contributed by atoms with Crippen molar-refractivity contribution in [3.63, 3.8) is 0 Å². The average molecular weight is 431 g/mol. The van der Waals surface area contributed by atoms with E-state index in [9.17, 15) is 9.59 Å². The van der Waals surface area contributed by atoms with Crippen molar-refractivity contribution in [3.05, 3.63) is 84.2 Å². The lowest BCUT2D eigenvalue weighted by molar-refractivity contribution is -0.156. The summed E-state index contributed by atoms with van der Waals surface area (Å²) in [6.07, 6.45) is 3.36. The molecule has 0 radical (unpaired) electrons. The van der Waals surface area contributed by atoms with Crippen molar-refractivity contribution >= 4 is 23.5 Å². The quantitative estimate of drug-likeness (QED) is 0.403. The topological polar surface area (TPSA) is 78.9 Å². The van der Waals surface area contributed by atoms with E-state index in [4.69, 9.17) is 4.74 Å². The molecule has 164 valence electrons. The van der Waals surface area contributed by atoms with E-state index in [1.165, 1.54) is 0 Å². The summed E-state index contributed by atoms with van der Waals surface area (Å²) in [6.45, 7) is 2.16. The second-order valence-electron chi connectivity index (χ2n) is 7.50. The zero-order chi connectivity index (χ0) is 22.3. The van der Waals surface area contributed by atoms with Crippen LogP contribution in [-0.4, -0.2) is 58.5 Å². The van der Waals surface area contributed by atoms with Crippen molar-refractivity contribution in [2.45, 2.75) is 13.1 Å². The summed E-state index contributed by atoms with van der Waals surface area (Å²) in [7, 11) is 1.62. The summed E-state index contributed by atoms with van der Waals surface area (Å²) in [5.74, 6) is -0.378. The smallest absolute Gasteiger partial charge is 0.312 e. The molecule has 2 amide bonds. The molecule has 1 fully saturated rings. The van der Waals surface area contributed by atoms with E-state index in [1.54, 1.807) is 35.4 Å². The molecule has 2 aromatic carbocycles. The molecule has 1 aliphatic heterocycles. The van der Waals surface area contributed by atoms with Crippen molar-refractivity contribution in [1.29, 1.82) is 0 Å². The Balaban J connectivity index is 1.40. The summed E-state index contributed by atoms with van der Waals surface area (Å²) < 4.78 is 5.29. The number of aromatic nitrogens is 2. The number of amides is 2. The minimum atomic E-state index is -0.463. The number of hydrogen-bond acceptors (Lipinski definition) is 6. The van der Waals surface area contributed by atoms with Gasteiger partial charge in [0.25, 0.3) is 0 Å². The summed E-state index contributed by atoms with van der Waals surface area (Å²) in [5, 5.41) is 0. The van der Waals surface area contributed by atoms with Gasteiger partial charge in [0.15, 0.2) is 0 Å². The third kappa shape index (κ3) is 4.92. The summed E-state index contributed by atoms with van der Waals surface area (Å²) in [5.41, 5.74) is 2.83. The number of nitrogens with zero attached hydrogens (tertiary/aromatic N) is 5. The molecule has 2 heterocycles. The molecular formula is C24H25N5O3. The van der Waals surface area contributed by atoms with Crippen LogP contribution in [0.2, 0.25) is 0 Å². The second-order valence-corrected chi connectivity index (χ2v) is 7.50. The lowest BCUT2D eigenvalue weighted by Crippen LogP contribution is -2.53. The van der Waals surface area contributed by atoms with Crippen molar-refractivity contribution in [2.24, 2.45) is 0 Å². The second kappa shape index (κ2) is 10.0. The zero-order valence-electron chi connectivity index (χ0n) is 17.9. The minimum Gasteiger partial charge on any atom is -0.364 e. The predicted molar refractivity (Wildman–Crippen MR) is 120 cm³/mol. The first kappa shape index (κ1) is 21.5. The van der Waals surface area contributed by atoms with Crippen LogP contribution in [0.5, 0.6) is 0 Å². The van der Waals surface area contributed by atoms with Gasteiger partial charge < -0.3 is 14.5 Å². The fraction of sp³-hybridized carbons (Fsp3) is 0.250. The highest BCUT2D eigenvalue weighted by atomic mass is 16.5. The maximum atomic E-state index is 12.7.